The van der Waals surface area contributed by atoms with E-state index in [2.05, 4.69) is 56.5 Å². The van der Waals surface area contributed by atoms with Crippen molar-refractivity contribution in [3.05, 3.63) is 34.9 Å². The van der Waals surface area contributed by atoms with E-state index in [0.29, 0.717) is 0 Å². The van der Waals surface area contributed by atoms with Crippen molar-refractivity contribution in [1.29, 1.82) is 0 Å². The van der Waals surface area contributed by atoms with Crippen LogP contribution in [-0.2, 0) is 0 Å². The molecule has 106 valence electrons. The Balaban J connectivity index is 2.75. The fourth-order valence-electron chi connectivity index (χ4n) is 2.14. The molecule has 0 fully saturated rings. The predicted octanol–water partition coefficient (Wildman–Crippen LogP) is 3.85. The highest BCUT2D eigenvalue weighted by Crippen LogP contribution is 2.21. The quantitative estimate of drug-likeness (QED) is 0.831. The largest absolute Gasteiger partial charge is 0.336 e. The maximum absolute atomic E-state index is 11.9. The summed E-state index contributed by atoms with van der Waals surface area (Å²) < 4.78 is 0. The molecular weight excluding hydrogens is 236 g/mol. The van der Waals surface area contributed by atoms with Gasteiger partial charge in [0.2, 0.25) is 0 Å². The van der Waals surface area contributed by atoms with Crippen LogP contribution in [0.3, 0.4) is 0 Å². The minimum Gasteiger partial charge on any atom is -0.336 e. The van der Waals surface area contributed by atoms with Crippen molar-refractivity contribution >= 4 is 6.03 Å². The Morgan fingerprint density at radius 3 is 2.37 bits per heavy atom. The molecule has 0 heterocycles. The van der Waals surface area contributed by atoms with Gasteiger partial charge in [-0.25, -0.2) is 4.79 Å². The van der Waals surface area contributed by atoms with E-state index in [4.69, 9.17) is 0 Å². The molecular formula is C16H26N2O. The molecule has 2 atom stereocenters. The second-order valence-electron chi connectivity index (χ2n) is 5.25. The van der Waals surface area contributed by atoms with Crippen LogP contribution in [0.25, 0.3) is 0 Å². The van der Waals surface area contributed by atoms with Gasteiger partial charge in [-0.2, -0.15) is 0 Å². The molecule has 3 nitrogen and oxygen atoms in total. The molecule has 1 rings (SSSR count). The van der Waals surface area contributed by atoms with Gasteiger partial charge in [0.15, 0.2) is 0 Å². The first-order valence-electron chi connectivity index (χ1n) is 7.12. The Hall–Kier alpha value is -1.51. The fourth-order valence-corrected chi connectivity index (χ4v) is 2.14. The maximum atomic E-state index is 11.9. The van der Waals surface area contributed by atoms with Crippen molar-refractivity contribution < 1.29 is 4.79 Å². The van der Waals surface area contributed by atoms with Gasteiger partial charge in [-0.3, -0.25) is 0 Å². The zero-order valence-corrected chi connectivity index (χ0v) is 12.7. The zero-order chi connectivity index (χ0) is 14.4. The van der Waals surface area contributed by atoms with Gasteiger partial charge in [0.1, 0.15) is 0 Å². The third kappa shape index (κ3) is 4.58. The number of amides is 2. The standard InChI is InChI=1S/C16H26N2O/c1-6-13(5)17-16(19)18-15(7-2)14-9-8-11(3)10-12(14)4/h8-10,13,15H,6-7H2,1-5H3,(H2,17,18,19)/t13-,15-/m0/s1. The second kappa shape index (κ2) is 7.17. The van der Waals surface area contributed by atoms with Gasteiger partial charge in [0.05, 0.1) is 6.04 Å². The molecule has 0 spiro atoms. The van der Waals surface area contributed by atoms with Crippen LogP contribution in [0.2, 0.25) is 0 Å². The third-order valence-corrected chi connectivity index (χ3v) is 3.50. The highest BCUT2D eigenvalue weighted by Gasteiger charge is 2.15. The van der Waals surface area contributed by atoms with Crippen molar-refractivity contribution in [2.45, 2.75) is 59.5 Å². The smallest absolute Gasteiger partial charge is 0.315 e. The summed E-state index contributed by atoms with van der Waals surface area (Å²) in [6.45, 7) is 10.3. The summed E-state index contributed by atoms with van der Waals surface area (Å²) >= 11 is 0. The van der Waals surface area contributed by atoms with Crippen LogP contribution >= 0.6 is 0 Å². The molecule has 1 aromatic carbocycles. The van der Waals surface area contributed by atoms with E-state index in [1.807, 2.05) is 6.92 Å². The molecule has 0 aliphatic heterocycles. The molecule has 1 aromatic rings. The molecule has 0 saturated carbocycles. The lowest BCUT2D eigenvalue weighted by Gasteiger charge is -2.21. The van der Waals surface area contributed by atoms with Crippen LogP contribution in [0.1, 0.15) is 56.3 Å². The van der Waals surface area contributed by atoms with Crippen molar-refractivity contribution in [3.8, 4) is 0 Å². The fraction of sp³-hybridized carbons (Fsp3) is 0.562. The molecule has 0 aromatic heterocycles. The Bertz CT molecular complexity index is 429. The first-order chi connectivity index (χ1) is 8.97. The van der Waals surface area contributed by atoms with Crippen LogP contribution < -0.4 is 10.6 Å². The Labute approximate surface area is 116 Å². The molecule has 19 heavy (non-hydrogen) atoms. The van der Waals surface area contributed by atoms with E-state index >= 15 is 0 Å². The number of hydrogen-bond donors (Lipinski definition) is 2. The summed E-state index contributed by atoms with van der Waals surface area (Å²) in [6.07, 6.45) is 1.82. The van der Waals surface area contributed by atoms with E-state index in [0.717, 1.165) is 12.8 Å². The number of benzene rings is 1. The van der Waals surface area contributed by atoms with Gasteiger partial charge >= 0.3 is 6.03 Å². The van der Waals surface area contributed by atoms with Crippen molar-refractivity contribution in [2.24, 2.45) is 0 Å². The molecule has 0 aliphatic carbocycles. The zero-order valence-electron chi connectivity index (χ0n) is 12.7. The minimum absolute atomic E-state index is 0.0738. The predicted molar refractivity (Wildman–Crippen MR) is 80.4 cm³/mol. The van der Waals surface area contributed by atoms with Crippen molar-refractivity contribution in [3.63, 3.8) is 0 Å². The molecule has 0 saturated heterocycles. The topological polar surface area (TPSA) is 41.1 Å². The molecule has 0 unspecified atom stereocenters. The normalized spacial score (nSPS) is 13.7. The van der Waals surface area contributed by atoms with Crippen LogP contribution in [-0.4, -0.2) is 12.1 Å². The monoisotopic (exact) mass is 262 g/mol. The summed E-state index contributed by atoms with van der Waals surface area (Å²) in [7, 11) is 0. The number of hydrogen-bond acceptors (Lipinski definition) is 1. The summed E-state index contributed by atoms with van der Waals surface area (Å²) in [6, 6.07) is 6.57. The summed E-state index contributed by atoms with van der Waals surface area (Å²) in [5.41, 5.74) is 3.68. The lowest BCUT2D eigenvalue weighted by Crippen LogP contribution is -2.42. The van der Waals surface area contributed by atoms with E-state index in [1.165, 1.54) is 16.7 Å². The van der Waals surface area contributed by atoms with E-state index in [-0.39, 0.29) is 18.1 Å². The van der Waals surface area contributed by atoms with Gasteiger partial charge in [0.25, 0.3) is 0 Å². The number of nitrogens with one attached hydrogen (secondary N) is 2. The van der Waals surface area contributed by atoms with Crippen LogP contribution in [0, 0.1) is 13.8 Å². The molecule has 2 N–H and O–H groups in total. The van der Waals surface area contributed by atoms with Gasteiger partial charge in [-0.1, -0.05) is 37.6 Å². The van der Waals surface area contributed by atoms with Crippen molar-refractivity contribution in [2.75, 3.05) is 0 Å². The molecule has 0 aliphatic rings. The molecule has 0 radical (unpaired) electrons. The Morgan fingerprint density at radius 2 is 1.84 bits per heavy atom. The number of carbonyl (C=O) groups excluding carboxylic acids is 1. The van der Waals surface area contributed by atoms with Crippen LogP contribution in [0.5, 0.6) is 0 Å². The van der Waals surface area contributed by atoms with Crippen molar-refractivity contribution in [1.82, 2.24) is 10.6 Å². The summed E-state index contributed by atoms with van der Waals surface area (Å²) in [5.74, 6) is 0. The van der Waals surface area contributed by atoms with Gasteiger partial charge in [-0.05, 0) is 44.7 Å². The Kier molecular flexibility index (Phi) is 5.87. The highest BCUT2D eigenvalue weighted by atomic mass is 16.2. The highest BCUT2D eigenvalue weighted by molar-refractivity contribution is 5.74. The average Bonchev–Trinajstić information content (AvgIpc) is 2.36. The van der Waals surface area contributed by atoms with Gasteiger partial charge in [-0.15, -0.1) is 0 Å². The number of carbonyl (C=O) groups is 1. The number of rotatable bonds is 5. The van der Waals surface area contributed by atoms with E-state index < -0.39 is 0 Å². The maximum Gasteiger partial charge on any atom is 0.315 e. The lowest BCUT2D eigenvalue weighted by molar-refractivity contribution is 0.233. The first kappa shape index (κ1) is 15.5. The van der Waals surface area contributed by atoms with E-state index in [9.17, 15) is 4.79 Å². The number of urea groups is 1. The summed E-state index contributed by atoms with van der Waals surface area (Å²) in [4.78, 5) is 11.9. The average molecular weight is 262 g/mol. The van der Waals surface area contributed by atoms with Crippen LogP contribution in [0.4, 0.5) is 4.79 Å². The number of aryl methyl sites for hydroxylation is 2. The third-order valence-electron chi connectivity index (χ3n) is 3.50. The Morgan fingerprint density at radius 1 is 1.16 bits per heavy atom. The minimum atomic E-state index is -0.0822. The van der Waals surface area contributed by atoms with Crippen LogP contribution in [0.15, 0.2) is 18.2 Å². The first-order valence-corrected chi connectivity index (χ1v) is 7.12. The lowest BCUT2D eigenvalue weighted by atomic mass is 9.97. The van der Waals surface area contributed by atoms with Gasteiger partial charge < -0.3 is 10.6 Å². The second-order valence-corrected chi connectivity index (χ2v) is 5.25. The molecule has 0 bridgehead atoms. The van der Waals surface area contributed by atoms with E-state index in [1.54, 1.807) is 0 Å². The molecule has 3 heteroatoms. The molecule has 2 amide bonds. The summed E-state index contributed by atoms with van der Waals surface area (Å²) in [5, 5.41) is 6.00. The SMILES string of the molecule is CC[C@H](NC(=O)N[C@@H](C)CC)c1ccc(C)cc1C. The van der Waals surface area contributed by atoms with Gasteiger partial charge in [0, 0.05) is 6.04 Å².